The maximum absolute atomic E-state index is 11.9. The Hall–Kier alpha value is -1.59. The van der Waals surface area contributed by atoms with Crippen molar-refractivity contribution < 1.29 is 4.74 Å². The van der Waals surface area contributed by atoms with Crippen LogP contribution in [0.3, 0.4) is 0 Å². The summed E-state index contributed by atoms with van der Waals surface area (Å²) in [6.07, 6.45) is 2.18. The zero-order chi connectivity index (χ0) is 13.6. The van der Waals surface area contributed by atoms with Crippen molar-refractivity contribution in [3.63, 3.8) is 0 Å². The van der Waals surface area contributed by atoms with Crippen molar-refractivity contribution in [1.82, 2.24) is 9.13 Å². The summed E-state index contributed by atoms with van der Waals surface area (Å²) in [5.41, 5.74) is 9.12. The molecule has 2 N–H and O–H groups in total. The van der Waals surface area contributed by atoms with E-state index in [1.54, 1.807) is 23.2 Å². The summed E-state index contributed by atoms with van der Waals surface area (Å²) in [7, 11) is 3.57. The molecule has 3 rings (SSSR count). The fourth-order valence-electron chi connectivity index (χ4n) is 2.83. The van der Waals surface area contributed by atoms with E-state index >= 15 is 0 Å². The minimum absolute atomic E-state index is 0.0159. The highest BCUT2D eigenvalue weighted by Gasteiger charge is 2.24. The molecule has 2 atom stereocenters. The van der Waals surface area contributed by atoms with Crippen molar-refractivity contribution in [3.8, 4) is 0 Å². The fourth-order valence-corrected chi connectivity index (χ4v) is 2.83. The zero-order valence-electron chi connectivity index (χ0n) is 11.3. The van der Waals surface area contributed by atoms with Gasteiger partial charge in [-0.3, -0.25) is 9.13 Å². The van der Waals surface area contributed by atoms with E-state index in [-0.39, 0.29) is 17.8 Å². The fraction of sp³-hybridized carbons (Fsp3) is 0.500. The van der Waals surface area contributed by atoms with Crippen molar-refractivity contribution in [2.75, 3.05) is 6.61 Å². The van der Waals surface area contributed by atoms with Crippen LogP contribution in [0.1, 0.15) is 24.4 Å². The lowest BCUT2D eigenvalue weighted by Gasteiger charge is -2.19. The molecule has 1 saturated heterocycles. The Balaban J connectivity index is 2.06. The average Bonchev–Trinajstić information content (AvgIpc) is 3.03. The maximum Gasteiger partial charge on any atom is 0.328 e. The van der Waals surface area contributed by atoms with E-state index in [0.29, 0.717) is 0 Å². The van der Waals surface area contributed by atoms with Gasteiger partial charge in [0, 0.05) is 20.7 Å². The van der Waals surface area contributed by atoms with Gasteiger partial charge in [-0.1, -0.05) is 6.07 Å². The summed E-state index contributed by atoms with van der Waals surface area (Å²) >= 11 is 0. The van der Waals surface area contributed by atoms with Crippen LogP contribution in [0.25, 0.3) is 11.0 Å². The van der Waals surface area contributed by atoms with Crippen LogP contribution < -0.4 is 11.4 Å². The molecule has 102 valence electrons. The molecule has 19 heavy (non-hydrogen) atoms. The molecule has 0 bridgehead atoms. The monoisotopic (exact) mass is 261 g/mol. The van der Waals surface area contributed by atoms with Crippen molar-refractivity contribution in [3.05, 3.63) is 34.2 Å². The van der Waals surface area contributed by atoms with Gasteiger partial charge in [0.15, 0.2) is 0 Å². The molecule has 1 aliphatic rings. The SMILES string of the molecule is Cn1c(=O)n(C)c2cc(C(N)C3CCCO3)ccc21. The van der Waals surface area contributed by atoms with Crippen LogP contribution in [0.4, 0.5) is 0 Å². The summed E-state index contributed by atoms with van der Waals surface area (Å²) < 4.78 is 8.94. The van der Waals surface area contributed by atoms with Gasteiger partial charge < -0.3 is 10.5 Å². The van der Waals surface area contributed by atoms with Gasteiger partial charge >= 0.3 is 5.69 Å². The van der Waals surface area contributed by atoms with E-state index < -0.39 is 0 Å². The first kappa shape index (κ1) is 12.4. The number of aryl methyl sites for hydroxylation is 2. The van der Waals surface area contributed by atoms with Gasteiger partial charge in [0.25, 0.3) is 0 Å². The highest BCUT2D eigenvalue weighted by atomic mass is 16.5. The van der Waals surface area contributed by atoms with Crippen molar-refractivity contribution >= 4 is 11.0 Å². The van der Waals surface area contributed by atoms with Crippen LogP contribution in [-0.2, 0) is 18.8 Å². The highest BCUT2D eigenvalue weighted by molar-refractivity contribution is 5.77. The molecular weight excluding hydrogens is 242 g/mol. The third kappa shape index (κ3) is 1.89. The number of rotatable bonds is 2. The summed E-state index contributed by atoms with van der Waals surface area (Å²) in [6, 6.07) is 5.83. The molecule has 0 radical (unpaired) electrons. The van der Waals surface area contributed by atoms with Gasteiger partial charge in [0.05, 0.1) is 23.2 Å². The molecule has 5 nitrogen and oxygen atoms in total. The second-order valence-corrected chi connectivity index (χ2v) is 5.23. The van der Waals surface area contributed by atoms with Crippen LogP contribution in [0.5, 0.6) is 0 Å². The lowest BCUT2D eigenvalue weighted by atomic mass is 10.00. The molecular formula is C14H19N3O2. The number of fused-ring (bicyclic) bond motifs is 1. The smallest absolute Gasteiger partial charge is 0.328 e. The molecule has 2 unspecified atom stereocenters. The normalized spacial score (nSPS) is 21.1. The summed E-state index contributed by atoms with van der Waals surface area (Å²) in [5, 5.41) is 0. The quantitative estimate of drug-likeness (QED) is 0.879. The molecule has 1 aliphatic heterocycles. The topological polar surface area (TPSA) is 62.2 Å². The van der Waals surface area contributed by atoms with Gasteiger partial charge in [-0.25, -0.2) is 4.79 Å². The van der Waals surface area contributed by atoms with Crippen molar-refractivity contribution in [2.24, 2.45) is 19.8 Å². The van der Waals surface area contributed by atoms with Gasteiger partial charge in [0.1, 0.15) is 0 Å². The number of ether oxygens (including phenoxy) is 1. The first-order valence-corrected chi connectivity index (χ1v) is 6.62. The summed E-state index contributed by atoms with van der Waals surface area (Å²) in [4.78, 5) is 11.9. The number of nitrogens with two attached hydrogens (primary N) is 1. The largest absolute Gasteiger partial charge is 0.376 e. The van der Waals surface area contributed by atoms with E-state index in [9.17, 15) is 4.79 Å². The van der Waals surface area contributed by atoms with Crippen molar-refractivity contribution in [1.29, 1.82) is 0 Å². The van der Waals surface area contributed by atoms with E-state index in [2.05, 4.69) is 0 Å². The number of nitrogens with zero attached hydrogens (tertiary/aromatic N) is 2. The van der Waals surface area contributed by atoms with Crippen LogP contribution >= 0.6 is 0 Å². The highest BCUT2D eigenvalue weighted by Crippen LogP contribution is 2.26. The van der Waals surface area contributed by atoms with Crippen molar-refractivity contribution in [2.45, 2.75) is 25.0 Å². The Morgan fingerprint density at radius 2 is 2.05 bits per heavy atom. The molecule has 0 amide bonds. The Bertz CT molecular complexity index is 665. The lowest BCUT2D eigenvalue weighted by molar-refractivity contribution is 0.0901. The maximum atomic E-state index is 11.9. The van der Waals surface area contributed by atoms with Crippen LogP contribution in [-0.4, -0.2) is 21.8 Å². The molecule has 2 aromatic rings. The Kier molecular flexibility index (Phi) is 2.95. The minimum atomic E-state index is -0.123. The van der Waals surface area contributed by atoms with Crippen LogP contribution in [0.15, 0.2) is 23.0 Å². The molecule has 2 heterocycles. The molecule has 1 fully saturated rings. The minimum Gasteiger partial charge on any atom is -0.376 e. The molecule has 1 aromatic heterocycles. The first-order valence-electron chi connectivity index (χ1n) is 6.62. The number of imidazole rings is 1. The van der Waals surface area contributed by atoms with Gasteiger partial charge in [-0.2, -0.15) is 0 Å². The lowest BCUT2D eigenvalue weighted by Crippen LogP contribution is -2.25. The Labute approximate surface area is 111 Å². The molecule has 1 aromatic carbocycles. The molecule has 0 aliphatic carbocycles. The zero-order valence-corrected chi connectivity index (χ0v) is 11.3. The molecule has 5 heteroatoms. The van der Waals surface area contributed by atoms with E-state index in [0.717, 1.165) is 36.0 Å². The predicted molar refractivity (Wildman–Crippen MR) is 74.1 cm³/mol. The third-order valence-electron chi connectivity index (χ3n) is 4.05. The number of hydrogen-bond donors (Lipinski definition) is 1. The Morgan fingerprint density at radius 3 is 2.74 bits per heavy atom. The average molecular weight is 261 g/mol. The second-order valence-electron chi connectivity index (χ2n) is 5.23. The predicted octanol–water partition coefficient (Wildman–Crippen LogP) is 1.06. The number of benzene rings is 1. The summed E-state index contributed by atoms with van der Waals surface area (Å²) in [6.45, 7) is 0.796. The van der Waals surface area contributed by atoms with E-state index in [1.165, 1.54) is 0 Å². The molecule has 0 saturated carbocycles. The second kappa shape index (κ2) is 4.51. The molecule has 0 spiro atoms. The van der Waals surface area contributed by atoms with E-state index in [4.69, 9.17) is 10.5 Å². The van der Waals surface area contributed by atoms with E-state index in [1.807, 2.05) is 18.2 Å². The van der Waals surface area contributed by atoms with Gasteiger partial charge in [-0.15, -0.1) is 0 Å². The van der Waals surface area contributed by atoms with Gasteiger partial charge in [0.2, 0.25) is 0 Å². The van der Waals surface area contributed by atoms with Gasteiger partial charge in [-0.05, 0) is 30.5 Å². The number of aromatic nitrogens is 2. The Morgan fingerprint density at radius 1 is 1.32 bits per heavy atom. The van der Waals surface area contributed by atoms with Crippen LogP contribution in [0.2, 0.25) is 0 Å². The number of hydrogen-bond acceptors (Lipinski definition) is 3. The van der Waals surface area contributed by atoms with Crippen LogP contribution in [0, 0.1) is 0 Å². The third-order valence-corrected chi connectivity index (χ3v) is 4.05. The first-order chi connectivity index (χ1) is 9.09. The standard InChI is InChI=1S/C14H19N3O2/c1-16-10-6-5-9(8-11(10)17(2)14(16)18)13(15)12-4-3-7-19-12/h5-6,8,12-13H,3-4,7,15H2,1-2H3. The summed E-state index contributed by atoms with van der Waals surface area (Å²) in [5.74, 6) is 0.